The molecule has 7 aromatic carbocycles. The lowest BCUT2D eigenvalue weighted by molar-refractivity contribution is 0.669. The second-order valence-corrected chi connectivity index (χ2v) is 10.9. The fourth-order valence-corrected chi connectivity index (χ4v) is 5.37. The topological polar surface area (TPSA) is 51.8 Å². The quantitative estimate of drug-likeness (QED) is 0.181. The van der Waals surface area contributed by atoms with Crippen LogP contribution in [0.2, 0.25) is 0 Å². The summed E-state index contributed by atoms with van der Waals surface area (Å²) in [6, 6.07) is 15.6. The number of hydrogen-bond donors (Lipinski definition) is 0. The summed E-state index contributed by atoms with van der Waals surface area (Å²) in [5, 5.41) is -0.671. The van der Waals surface area contributed by atoms with Gasteiger partial charge in [0.1, 0.15) is 11.2 Å². The molecule has 0 aliphatic heterocycles. The highest BCUT2D eigenvalue weighted by Crippen LogP contribution is 2.36. The first-order valence-electron chi connectivity index (χ1n) is 22.6. The number of hydrogen-bond acceptors (Lipinski definition) is 4. The molecule has 9 rings (SSSR count). The van der Waals surface area contributed by atoms with E-state index in [1.165, 1.54) is 0 Å². The van der Waals surface area contributed by atoms with E-state index in [1.54, 1.807) is 24.3 Å². The first-order valence-corrected chi connectivity index (χ1v) is 15.1. The van der Waals surface area contributed by atoms with Crippen molar-refractivity contribution in [3.8, 4) is 67.5 Å². The Morgan fingerprint density at radius 1 is 0.347 bits per heavy atom. The van der Waals surface area contributed by atoms with Gasteiger partial charge in [0, 0.05) is 27.5 Å². The largest absolute Gasteiger partial charge is 0.456 e. The number of rotatable bonds is 6. The third-order valence-electron chi connectivity index (χ3n) is 7.78. The smallest absolute Gasteiger partial charge is 0.164 e. The lowest BCUT2D eigenvalue weighted by Gasteiger charge is -2.10. The molecule has 0 unspecified atom stereocenters. The number of aromatic nitrogens is 3. The highest BCUT2D eigenvalue weighted by Gasteiger charge is 2.15. The van der Waals surface area contributed by atoms with Gasteiger partial charge in [-0.1, -0.05) is 145 Å². The van der Waals surface area contributed by atoms with E-state index in [2.05, 4.69) is 9.97 Å². The van der Waals surface area contributed by atoms with E-state index in [9.17, 15) is 6.85 Å². The van der Waals surface area contributed by atoms with Crippen molar-refractivity contribution in [2.24, 2.45) is 0 Å². The second kappa shape index (κ2) is 12.2. The van der Waals surface area contributed by atoms with Crippen LogP contribution in [-0.4, -0.2) is 15.0 Å². The fourth-order valence-electron chi connectivity index (χ4n) is 5.37. The van der Waals surface area contributed by atoms with Crippen LogP contribution in [0.1, 0.15) is 20.6 Å². The van der Waals surface area contributed by atoms with Crippen molar-refractivity contribution in [1.29, 1.82) is 0 Å². The first-order chi connectivity index (χ1) is 30.5. The molecule has 0 spiro atoms. The van der Waals surface area contributed by atoms with Crippen LogP contribution in [0, 0.1) is 0 Å². The lowest BCUT2D eigenvalue weighted by Crippen LogP contribution is -2.00. The van der Waals surface area contributed by atoms with Gasteiger partial charge in [-0.2, -0.15) is 0 Å². The van der Waals surface area contributed by atoms with Crippen LogP contribution in [0.3, 0.4) is 0 Å². The zero-order valence-electron chi connectivity index (χ0n) is 40.3. The molecule has 0 radical (unpaired) electrons. The zero-order valence-corrected chi connectivity index (χ0v) is 25.3. The molecule has 2 aromatic heterocycles. The van der Waals surface area contributed by atoms with Gasteiger partial charge in [0.25, 0.3) is 0 Å². The summed E-state index contributed by atoms with van der Waals surface area (Å²) in [4.78, 5) is 14.1. The van der Waals surface area contributed by atoms with Gasteiger partial charge in [-0.15, -0.1) is 0 Å². The molecule has 0 saturated carbocycles. The van der Waals surface area contributed by atoms with Gasteiger partial charge >= 0.3 is 0 Å². The van der Waals surface area contributed by atoms with E-state index in [0.717, 1.165) is 11.1 Å². The average molecular weight is 643 g/mol. The maximum Gasteiger partial charge on any atom is 0.164 e. The van der Waals surface area contributed by atoms with Crippen LogP contribution < -0.4 is 0 Å². The first kappa shape index (κ1) is 17.0. The number of nitrogens with zero attached hydrogens (tertiary/aromatic N) is 3. The van der Waals surface area contributed by atoms with Crippen LogP contribution in [0.5, 0.6) is 0 Å². The van der Waals surface area contributed by atoms with E-state index in [-0.39, 0.29) is 33.8 Å². The molecule has 0 aliphatic rings. The van der Waals surface area contributed by atoms with Gasteiger partial charge in [-0.25, -0.2) is 15.0 Å². The molecular formula is C45H29N3O. The summed E-state index contributed by atoms with van der Waals surface area (Å²) >= 11 is 0. The van der Waals surface area contributed by atoms with E-state index >= 15 is 0 Å². The highest BCUT2D eigenvalue weighted by molar-refractivity contribution is 6.07. The summed E-state index contributed by atoms with van der Waals surface area (Å²) in [5.74, 6) is 0.123. The molecular weight excluding hydrogens is 599 g/mol. The minimum absolute atomic E-state index is 0.166. The maximum atomic E-state index is 9.52. The summed E-state index contributed by atoms with van der Waals surface area (Å²) in [7, 11) is 0. The van der Waals surface area contributed by atoms with Gasteiger partial charge in [0.15, 0.2) is 17.5 Å². The normalized spacial score (nSPS) is 15.6. The van der Waals surface area contributed by atoms with Crippen LogP contribution >= 0.6 is 0 Å². The van der Waals surface area contributed by atoms with Crippen LogP contribution in [0.15, 0.2) is 180 Å². The Morgan fingerprint density at radius 3 is 1.61 bits per heavy atom. The van der Waals surface area contributed by atoms with Crippen molar-refractivity contribution in [2.75, 3.05) is 0 Å². The van der Waals surface area contributed by atoms with Crippen molar-refractivity contribution >= 4 is 21.9 Å². The van der Waals surface area contributed by atoms with Crippen molar-refractivity contribution in [2.45, 2.75) is 0 Å². The van der Waals surface area contributed by atoms with Gasteiger partial charge < -0.3 is 4.42 Å². The third kappa shape index (κ3) is 5.56. The molecule has 230 valence electrons. The van der Waals surface area contributed by atoms with Gasteiger partial charge in [-0.3, -0.25) is 0 Å². The summed E-state index contributed by atoms with van der Waals surface area (Å²) < 4.78 is 138. The minimum Gasteiger partial charge on any atom is -0.456 e. The Labute approximate surface area is 305 Å². The highest BCUT2D eigenvalue weighted by atomic mass is 16.3. The maximum absolute atomic E-state index is 9.52. The van der Waals surface area contributed by atoms with E-state index in [0.29, 0.717) is 11.1 Å². The number of furan rings is 1. The Bertz CT molecular complexity index is 3410. The Kier molecular flexibility index (Phi) is 4.21. The molecule has 49 heavy (non-hydrogen) atoms. The third-order valence-corrected chi connectivity index (χ3v) is 7.78. The average Bonchev–Trinajstić information content (AvgIpc) is 3.73. The lowest BCUT2D eigenvalue weighted by atomic mass is 10.00. The van der Waals surface area contributed by atoms with Crippen molar-refractivity contribution in [3.05, 3.63) is 176 Å². The molecule has 4 nitrogen and oxygen atoms in total. The van der Waals surface area contributed by atoms with Gasteiger partial charge in [0.2, 0.25) is 0 Å². The number of benzene rings is 7. The van der Waals surface area contributed by atoms with E-state index in [1.807, 2.05) is 60.7 Å². The molecule has 0 amide bonds. The monoisotopic (exact) mass is 642 g/mol. The van der Waals surface area contributed by atoms with Crippen molar-refractivity contribution < 1.29 is 25.0 Å². The Hall–Kier alpha value is -6.65. The number of fused-ring (bicyclic) bond motifs is 3. The zero-order chi connectivity index (χ0) is 45.6. The molecule has 0 saturated heterocycles. The van der Waals surface area contributed by atoms with Crippen LogP contribution in [0.4, 0.5) is 0 Å². The minimum atomic E-state index is -0.740. The second-order valence-electron chi connectivity index (χ2n) is 10.9. The molecule has 0 fully saturated rings. The molecule has 9 aromatic rings. The SMILES string of the molecule is [2H]c1c([2H])c([2H])c(-c2c([2H])c([2H])c3oc4c([2H])c(-c5c([2H])c([2H])c([2H])c(-c6nc(-c7ccccc7)nc(-c7ccc(-c8ccccc8)cc7)n6)c5[2H])c([2H])c([2H])c4c3c2[2H])c([2H])c1[2H]. The Balaban J connectivity index is 1.28. The van der Waals surface area contributed by atoms with E-state index < -0.39 is 124 Å². The summed E-state index contributed by atoms with van der Waals surface area (Å²) in [5.41, 5.74) is -0.257. The molecule has 2 heterocycles. The molecule has 0 aliphatic carbocycles. The van der Waals surface area contributed by atoms with Crippen LogP contribution in [0.25, 0.3) is 89.5 Å². The fraction of sp³-hybridized carbons (Fsp3) is 0. The molecule has 0 bridgehead atoms. The van der Waals surface area contributed by atoms with Gasteiger partial charge in [0.05, 0.1) is 20.6 Å². The van der Waals surface area contributed by atoms with Crippen molar-refractivity contribution in [1.82, 2.24) is 15.0 Å². The molecule has 4 heteroatoms. The van der Waals surface area contributed by atoms with E-state index in [4.69, 9.17) is 23.1 Å². The van der Waals surface area contributed by atoms with Crippen LogP contribution in [-0.2, 0) is 0 Å². The molecule has 0 atom stereocenters. The van der Waals surface area contributed by atoms with Gasteiger partial charge in [-0.05, 0) is 63.6 Å². The Morgan fingerprint density at radius 2 is 0.878 bits per heavy atom. The van der Waals surface area contributed by atoms with Crippen molar-refractivity contribution in [3.63, 3.8) is 0 Å². The summed E-state index contributed by atoms with van der Waals surface area (Å²) in [6.07, 6.45) is 0. The molecule has 0 N–H and O–H groups in total. The standard InChI is InChI=1S/C45H29N3O/c1-4-11-30(12-5-1)32-19-21-34(22-20-32)44-46-43(33-15-8-3-9-16-33)47-45(48-44)38-18-10-17-35(27-38)37-23-25-39-40-28-36(31-13-6-2-7-14-31)24-26-41(40)49-42(39)29-37/h1-29H/i2D,6D,7D,10D,13D,14D,17D,18D,23D,24D,25D,26D,27D,28D,29D. The summed E-state index contributed by atoms with van der Waals surface area (Å²) in [6.45, 7) is 0. The predicted octanol–water partition coefficient (Wildman–Crippen LogP) is 11.8. The predicted molar refractivity (Wildman–Crippen MR) is 200 cm³/mol.